The molecule has 68 valence electrons. The van der Waals surface area contributed by atoms with E-state index in [0.717, 1.165) is 11.3 Å². The van der Waals surface area contributed by atoms with Crippen LogP contribution in [0, 0.1) is 0 Å². The van der Waals surface area contributed by atoms with Gasteiger partial charge in [-0.1, -0.05) is 18.2 Å². The van der Waals surface area contributed by atoms with E-state index in [2.05, 4.69) is 5.32 Å². The van der Waals surface area contributed by atoms with E-state index in [1.807, 2.05) is 18.2 Å². The zero-order valence-corrected chi connectivity index (χ0v) is 7.30. The maximum atomic E-state index is 13.5. The van der Waals surface area contributed by atoms with Crippen LogP contribution in [0.1, 0.15) is 12.5 Å². The van der Waals surface area contributed by atoms with Crippen molar-refractivity contribution in [3.05, 3.63) is 29.8 Å². The summed E-state index contributed by atoms with van der Waals surface area (Å²) in [6, 6.07) is 7.27. The topological polar surface area (TPSA) is 29.1 Å². The molecule has 1 aromatic rings. The smallest absolute Gasteiger partial charge is 0.262 e. The van der Waals surface area contributed by atoms with E-state index < -0.39 is 11.6 Å². The molecule has 2 nitrogen and oxygen atoms in total. The SMILES string of the molecule is CC1(F)Cc2ccccc2NC1=O. The molecule has 2 rings (SSSR count). The highest BCUT2D eigenvalue weighted by Gasteiger charge is 2.37. The largest absolute Gasteiger partial charge is 0.323 e. The van der Waals surface area contributed by atoms with Gasteiger partial charge in [-0.05, 0) is 18.6 Å². The van der Waals surface area contributed by atoms with Gasteiger partial charge in [-0.3, -0.25) is 4.79 Å². The molecule has 1 amide bonds. The Labute approximate surface area is 75.8 Å². The molecular weight excluding hydrogens is 169 g/mol. The Balaban J connectivity index is 2.44. The molecule has 0 spiro atoms. The Morgan fingerprint density at radius 3 is 2.92 bits per heavy atom. The molecule has 13 heavy (non-hydrogen) atoms. The van der Waals surface area contributed by atoms with Gasteiger partial charge in [-0.2, -0.15) is 0 Å². The summed E-state index contributed by atoms with van der Waals surface area (Å²) in [5.41, 5.74) is -0.191. The average Bonchev–Trinajstić information content (AvgIpc) is 2.06. The first-order chi connectivity index (χ1) is 6.09. The molecule has 0 fully saturated rings. The molecule has 1 aromatic carbocycles. The van der Waals surface area contributed by atoms with E-state index in [-0.39, 0.29) is 6.42 Å². The lowest BCUT2D eigenvalue weighted by atomic mass is 9.92. The van der Waals surface area contributed by atoms with Gasteiger partial charge in [0.05, 0.1) is 0 Å². The van der Waals surface area contributed by atoms with Crippen molar-refractivity contribution in [1.29, 1.82) is 0 Å². The summed E-state index contributed by atoms with van der Waals surface area (Å²) in [5, 5.41) is 2.54. The second-order valence-corrected chi connectivity index (χ2v) is 3.49. The fraction of sp³-hybridized carbons (Fsp3) is 0.300. The third kappa shape index (κ3) is 1.30. The van der Waals surface area contributed by atoms with Crippen LogP contribution in [-0.2, 0) is 11.2 Å². The first kappa shape index (κ1) is 8.23. The van der Waals surface area contributed by atoms with E-state index in [1.54, 1.807) is 6.07 Å². The van der Waals surface area contributed by atoms with Crippen LogP contribution in [0.2, 0.25) is 0 Å². The third-order valence-electron chi connectivity index (χ3n) is 2.26. The zero-order valence-electron chi connectivity index (χ0n) is 7.30. The monoisotopic (exact) mass is 179 g/mol. The summed E-state index contributed by atoms with van der Waals surface area (Å²) in [7, 11) is 0. The van der Waals surface area contributed by atoms with Crippen LogP contribution in [0.4, 0.5) is 10.1 Å². The molecule has 1 aliphatic rings. The molecule has 0 aliphatic carbocycles. The van der Waals surface area contributed by atoms with Gasteiger partial charge in [0, 0.05) is 12.1 Å². The second kappa shape index (κ2) is 2.55. The van der Waals surface area contributed by atoms with Crippen LogP contribution >= 0.6 is 0 Å². The Kier molecular flexibility index (Phi) is 1.62. The number of alkyl halides is 1. The van der Waals surface area contributed by atoms with Crippen molar-refractivity contribution in [2.24, 2.45) is 0 Å². The van der Waals surface area contributed by atoms with E-state index in [0.29, 0.717) is 0 Å². The summed E-state index contributed by atoms with van der Waals surface area (Å²) >= 11 is 0. The normalized spacial score (nSPS) is 26.5. The summed E-state index contributed by atoms with van der Waals surface area (Å²) in [4.78, 5) is 11.2. The number of anilines is 1. The predicted molar refractivity (Wildman–Crippen MR) is 48.3 cm³/mol. The lowest BCUT2D eigenvalue weighted by molar-refractivity contribution is -0.126. The van der Waals surface area contributed by atoms with Crippen molar-refractivity contribution in [2.45, 2.75) is 19.0 Å². The van der Waals surface area contributed by atoms with E-state index in [1.165, 1.54) is 6.92 Å². The fourth-order valence-electron chi connectivity index (χ4n) is 1.49. The lowest BCUT2D eigenvalue weighted by Gasteiger charge is -2.26. The van der Waals surface area contributed by atoms with Crippen LogP contribution in [-0.4, -0.2) is 11.6 Å². The maximum absolute atomic E-state index is 13.5. The maximum Gasteiger partial charge on any atom is 0.262 e. The molecule has 1 atom stereocenters. The Morgan fingerprint density at radius 2 is 2.15 bits per heavy atom. The van der Waals surface area contributed by atoms with Gasteiger partial charge in [0.1, 0.15) is 0 Å². The van der Waals surface area contributed by atoms with Gasteiger partial charge >= 0.3 is 0 Å². The summed E-state index contributed by atoms with van der Waals surface area (Å²) < 4.78 is 13.5. The van der Waals surface area contributed by atoms with Gasteiger partial charge in [0.25, 0.3) is 5.91 Å². The average molecular weight is 179 g/mol. The van der Waals surface area contributed by atoms with Crippen LogP contribution in [0.15, 0.2) is 24.3 Å². The molecule has 0 saturated heterocycles. The highest BCUT2D eigenvalue weighted by molar-refractivity contribution is 6.00. The molecule has 1 unspecified atom stereocenters. The van der Waals surface area contributed by atoms with Gasteiger partial charge in [-0.15, -0.1) is 0 Å². The third-order valence-corrected chi connectivity index (χ3v) is 2.26. The lowest BCUT2D eigenvalue weighted by Crippen LogP contribution is -2.41. The minimum absolute atomic E-state index is 0.162. The number of hydrogen-bond acceptors (Lipinski definition) is 1. The number of hydrogen-bond donors (Lipinski definition) is 1. The molecule has 0 saturated carbocycles. The van der Waals surface area contributed by atoms with E-state index in [9.17, 15) is 9.18 Å². The number of fused-ring (bicyclic) bond motifs is 1. The number of benzene rings is 1. The number of carbonyl (C=O) groups is 1. The van der Waals surface area contributed by atoms with Crippen molar-refractivity contribution in [1.82, 2.24) is 0 Å². The summed E-state index contributed by atoms with van der Waals surface area (Å²) in [5.74, 6) is -0.550. The molecule has 1 N–H and O–H groups in total. The second-order valence-electron chi connectivity index (χ2n) is 3.49. The minimum atomic E-state index is -1.77. The first-order valence-corrected chi connectivity index (χ1v) is 4.18. The van der Waals surface area contributed by atoms with Crippen LogP contribution < -0.4 is 5.32 Å². The van der Waals surface area contributed by atoms with Crippen molar-refractivity contribution in [3.63, 3.8) is 0 Å². The molecule has 1 heterocycles. The van der Waals surface area contributed by atoms with Crippen LogP contribution in [0.5, 0.6) is 0 Å². The van der Waals surface area contributed by atoms with E-state index >= 15 is 0 Å². The number of para-hydroxylation sites is 1. The van der Waals surface area contributed by atoms with Gasteiger partial charge in [-0.25, -0.2) is 4.39 Å². The Morgan fingerprint density at radius 1 is 1.46 bits per heavy atom. The van der Waals surface area contributed by atoms with Crippen molar-refractivity contribution in [2.75, 3.05) is 5.32 Å². The van der Waals surface area contributed by atoms with Gasteiger partial charge in [0.15, 0.2) is 5.67 Å². The number of nitrogens with one attached hydrogen (secondary N) is 1. The highest BCUT2D eigenvalue weighted by atomic mass is 19.1. The van der Waals surface area contributed by atoms with Gasteiger partial charge in [0.2, 0.25) is 0 Å². The minimum Gasteiger partial charge on any atom is -0.323 e. The quantitative estimate of drug-likeness (QED) is 0.647. The van der Waals surface area contributed by atoms with E-state index in [4.69, 9.17) is 0 Å². The number of amides is 1. The fourth-order valence-corrected chi connectivity index (χ4v) is 1.49. The first-order valence-electron chi connectivity index (χ1n) is 4.18. The predicted octanol–water partition coefficient (Wildman–Crippen LogP) is 1.91. The molecule has 3 heteroatoms. The van der Waals surface area contributed by atoms with Gasteiger partial charge < -0.3 is 5.32 Å². The molecule has 0 radical (unpaired) electrons. The van der Waals surface area contributed by atoms with Crippen molar-refractivity contribution >= 4 is 11.6 Å². The standard InChI is InChI=1S/C10H10FNO/c1-10(11)6-7-4-2-3-5-8(7)12-9(10)13/h2-5H,6H2,1H3,(H,12,13). The Bertz CT molecular complexity index is 360. The molecule has 0 bridgehead atoms. The number of halogens is 1. The number of rotatable bonds is 0. The molecule has 1 aliphatic heterocycles. The molecule has 0 aromatic heterocycles. The van der Waals surface area contributed by atoms with Crippen molar-refractivity contribution in [3.8, 4) is 0 Å². The summed E-state index contributed by atoms with van der Waals surface area (Å²) in [6.07, 6.45) is 0.162. The van der Waals surface area contributed by atoms with Crippen LogP contribution in [0.3, 0.4) is 0 Å². The van der Waals surface area contributed by atoms with Crippen molar-refractivity contribution < 1.29 is 9.18 Å². The summed E-state index contributed by atoms with van der Waals surface area (Å²) in [6.45, 7) is 1.30. The highest BCUT2D eigenvalue weighted by Crippen LogP contribution is 2.29. The number of carbonyl (C=O) groups excluding carboxylic acids is 1. The zero-order chi connectivity index (χ0) is 9.47. The van der Waals surface area contributed by atoms with Crippen LogP contribution in [0.25, 0.3) is 0 Å². The molecular formula is C10H10FNO. The Hall–Kier alpha value is -1.38.